The average Bonchev–Trinajstić information content (AvgIpc) is 2.81. The molecule has 5 nitrogen and oxygen atoms in total. The molecule has 0 aliphatic carbocycles. The summed E-state index contributed by atoms with van der Waals surface area (Å²) in [4.78, 5) is 0. The van der Waals surface area contributed by atoms with Gasteiger partial charge in [-0.1, -0.05) is 0 Å². The number of aromatic nitrogens is 2. The Morgan fingerprint density at radius 3 is 3.00 bits per heavy atom. The van der Waals surface area contributed by atoms with Crippen molar-refractivity contribution in [2.24, 2.45) is 0 Å². The Hall–Kier alpha value is -0.880. The SMILES string of the molecule is O=S1(=O)CCCC1n1cc(CCCO)cn1. The summed E-state index contributed by atoms with van der Waals surface area (Å²) in [6, 6.07) is 0. The highest BCUT2D eigenvalue weighted by atomic mass is 32.2. The normalized spacial score (nSPS) is 23.7. The van der Waals surface area contributed by atoms with Gasteiger partial charge in [0.25, 0.3) is 0 Å². The molecule has 1 saturated heterocycles. The van der Waals surface area contributed by atoms with Crippen LogP contribution in [0.5, 0.6) is 0 Å². The van der Waals surface area contributed by atoms with E-state index in [-0.39, 0.29) is 12.4 Å². The second-order valence-electron chi connectivity index (χ2n) is 4.12. The van der Waals surface area contributed by atoms with Crippen molar-refractivity contribution in [1.29, 1.82) is 0 Å². The number of nitrogens with zero attached hydrogens (tertiary/aromatic N) is 2. The largest absolute Gasteiger partial charge is 0.396 e. The first-order valence-electron chi connectivity index (χ1n) is 5.49. The van der Waals surface area contributed by atoms with Gasteiger partial charge in [0.1, 0.15) is 0 Å². The molecule has 2 heterocycles. The third-order valence-corrected chi connectivity index (χ3v) is 5.01. The van der Waals surface area contributed by atoms with E-state index in [1.165, 1.54) is 0 Å². The zero-order valence-electron chi connectivity index (χ0n) is 9.04. The van der Waals surface area contributed by atoms with Crippen LogP contribution in [0.4, 0.5) is 0 Å². The van der Waals surface area contributed by atoms with E-state index in [0.29, 0.717) is 12.8 Å². The van der Waals surface area contributed by atoms with Crippen LogP contribution in [-0.4, -0.2) is 35.7 Å². The minimum absolute atomic E-state index is 0.146. The van der Waals surface area contributed by atoms with E-state index < -0.39 is 15.2 Å². The van der Waals surface area contributed by atoms with Crippen molar-refractivity contribution in [1.82, 2.24) is 9.78 Å². The molecule has 16 heavy (non-hydrogen) atoms. The fourth-order valence-electron chi connectivity index (χ4n) is 2.02. The van der Waals surface area contributed by atoms with Gasteiger partial charge in [0, 0.05) is 12.8 Å². The van der Waals surface area contributed by atoms with E-state index in [1.807, 2.05) is 0 Å². The Bertz CT molecular complexity index is 452. The summed E-state index contributed by atoms with van der Waals surface area (Å²) in [7, 11) is -3.00. The van der Waals surface area contributed by atoms with Gasteiger partial charge >= 0.3 is 0 Å². The number of hydrogen-bond donors (Lipinski definition) is 1. The van der Waals surface area contributed by atoms with Gasteiger partial charge in [-0.2, -0.15) is 5.10 Å². The Morgan fingerprint density at radius 2 is 2.38 bits per heavy atom. The maximum Gasteiger partial charge on any atom is 0.173 e. The molecule has 0 saturated carbocycles. The molecule has 1 atom stereocenters. The molecule has 1 aromatic heterocycles. The van der Waals surface area contributed by atoms with Gasteiger partial charge in [0.2, 0.25) is 0 Å². The van der Waals surface area contributed by atoms with Crippen LogP contribution >= 0.6 is 0 Å². The first-order valence-corrected chi connectivity index (χ1v) is 7.20. The van der Waals surface area contributed by atoms with Crippen LogP contribution in [0.15, 0.2) is 12.4 Å². The Labute approximate surface area is 95.0 Å². The topological polar surface area (TPSA) is 72.2 Å². The highest BCUT2D eigenvalue weighted by Gasteiger charge is 2.33. The fraction of sp³-hybridized carbons (Fsp3) is 0.700. The lowest BCUT2D eigenvalue weighted by molar-refractivity contribution is 0.288. The molecule has 1 fully saturated rings. The number of aliphatic hydroxyl groups excluding tert-OH is 1. The zero-order chi connectivity index (χ0) is 11.6. The molecule has 1 N–H and O–H groups in total. The van der Waals surface area contributed by atoms with Gasteiger partial charge < -0.3 is 5.11 Å². The summed E-state index contributed by atoms with van der Waals surface area (Å²) < 4.78 is 24.9. The number of aliphatic hydroxyl groups is 1. The number of rotatable bonds is 4. The van der Waals surface area contributed by atoms with Crippen LogP contribution in [0.25, 0.3) is 0 Å². The van der Waals surface area contributed by atoms with E-state index in [9.17, 15) is 8.42 Å². The lowest BCUT2D eigenvalue weighted by Crippen LogP contribution is -2.15. The molecular weight excluding hydrogens is 228 g/mol. The van der Waals surface area contributed by atoms with Gasteiger partial charge in [-0.05, 0) is 31.2 Å². The van der Waals surface area contributed by atoms with Crippen molar-refractivity contribution in [3.8, 4) is 0 Å². The molecule has 0 spiro atoms. The summed E-state index contributed by atoms with van der Waals surface area (Å²) in [5.41, 5.74) is 0.983. The van der Waals surface area contributed by atoms with Crippen LogP contribution in [0.2, 0.25) is 0 Å². The quantitative estimate of drug-likeness (QED) is 0.838. The van der Waals surface area contributed by atoms with Crippen molar-refractivity contribution in [3.05, 3.63) is 18.0 Å². The lowest BCUT2D eigenvalue weighted by Gasteiger charge is -2.08. The zero-order valence-corrected chi connectivity index (χ0v) is 9.86. The molecule has 1 aliphatic rings. The summed E-state index contributed by atoms with van der Waals surface area (Å²) in [6.45, 7) is 0.146. The number of hydrogen-bond acceptors (Lipinski definition) is 4. The van der Waals surface area contributed by atoms with Crippen LogP contribution in [0.1, 0.15) is 30.2 Å². The predicted molar refractivity (Wildman–Crippen MR) is 59.7 cm³/mol. The highest BCUT2D eigenvalue weighted by Crippen LogP contribution is 2.29. The Balaban J connectivity index is 2.13. The Kier molecular flexibility index (Phi) is 3.30. The average molecular weight is 244 g/mol. The van der Waals surface area contributed by atoms with Crippen LogP contribution in [0, 0.1) is 0 Å². The van der Waals surface area contributed by atoms with Gasteiger partial charge in [-0.3, -0.25) is 4.68 Å². The van der Waals surface area contributed by atoms with Crippen molar-refractivity contribution >= 4 is 9.84 Å². The third-order valence-electron chi connectivity index (χ3n) is 2.87. The van der Waals surface area contributed by atoms with E-state index in [1.54, 1.807) is 17.1 Å². The molecule has 0 radical (unpaired) electrons. The first kappa shape index (κ1) is 11.6. The molecule has 1 aromatic rings. The maximum absolute atomic E-state index is 11.7. The molecular formula is C10H16N2O3S. The van der Waals surface area contributed by atoms with E-state index in [4.69, 9.17) is 5.11 Å². The molecule has 90 valence electrons. The molecule has 0 amide bonds. The van der Waals surface area contributed by atoms with E-state index in [2.05, 4.69) is 5.10 Å². The maximum atomic E-state index is 11.7. The fourth-order valence-corrected chi connectivity index (χ4v) is 3.83. The minimum atomic E-state index is -3.00. The van der Waals surface area contributed by atoms with Gasteiger partial charge in [-0.25, -0.2) is 8.42 Å². The second-order valence-corrected chi connectivity index (χ2v) is 6.40. The lowest BCUT2D eigenvalue weighted by atomic mass is 10.2. The summed E-state index contributed by atoms with van der Waals surface area (Å²) in [6.07, 6.45) is 6.27. The van der Waals surface area contributed by atoms with Crippen LogP contribution in [-0.2, 0) is 16.3 Å². The van der Waals surface area contributed by atoms with Crippen LogP contribution in [0.3, 0.4) is 0 Å². The number of aryl methyl sites for hydroxylation is 1. The smallest absolute Gasteiger partial charge is 0.173 e. The molecule has 6 heteroatoms. The van der Waals surface area contributed by atoms with Crippen molar-refractivity contribution < 1.29 is 13.5 Å². The molecule has 2 rings (SSSR count). The van der Waals surface area contributed by atoms with Gasteiger partial charge in [0.15, 0.2) is 15.2 Å². The van der Waals surface area contributed by atoms with Gasteiger partial charge in [-0.15, -0.1) is 0 Å². The highest BCUT2D eigenvalue weighted by molar-refractivity contribution is 7.91. The molecule has 1 aliphatic heterocycles. The van der Waals surface area contributed by atoms with E-state index >= 15 is 0 Å². The molecule has 1 unspecified atom stereocenters. The first-order chi connectivity index (χ1) is 7.63. The third kappa shape index (κ3) is 2.27. The van der Waals surface area contributed by atoms with Gasteiger partial charge in [0.05, 0.1) is 11.9 Å². The van der Waals surface area contributed by atoms with Crippen molar-refractivity contribution in [2.45, 2.75) is 31.1 Å². The summed E-state index contributed by atoms with van der Waals surface area (Å²) in [5.74, 6) is 0.267. The van der Waals surface area contributed by atoms with Crippen molar-refractivity contribution in [2.75, 3.05) is 12.4 Å². The minimum Gasteiger partial charge on any atom is -0.396 e. The predicted octanol–water partition coefficient (Wildman–Crippen LogP) is 0.515. The molecule has 0 bridgehead atoms. The van der Waals surface area contributed by atoms with Crippen LogP contribution < -0.4 is 0 Å². The second kappa shape index (κ2) is 4.55. The van der Waals surface area contributed by atoms with E-state index in [0.717, 1.165) is 18.4 Å². The summed E-state index contributed by atoms with van der Waals surface area (Å²) in [5, 5.41) is 12.3. The van der Waals surface area contributed by atoms with Crippen molar-refractivity contribution in [3.63, 3.8) is 0 Å². The summed E-state index contributed by atoms with van der Waals surface area (Å²) >= 11 is 0. The number of sulfone groups is 1. The Morgan fingerprint density at radius 1 is 1.56 bits per heavy atom. The molecule has 0 aromatic carbocycles. The monoisotopic (exact) mass is 244 g/mol. The standard InChI is InChI=1S/C10H16N2O3S/c13-5-1-3-9-7-11-12(8-9)10-4-2-6-16(10,14)15/h7-8,10,13H,1-6H2.